The van der Waals surface area contributed by atoms with E-state index in [1.54, 1.807) is 12.2 Å². The van der Waals surface area contributed by atoms with Gasteiger partial charge in [0.05, 0.1) is 16.9 Å². The Morgan fingerprint density at radius 2 is 1.47 bits per heavy atom. The Labute approximate surface area is 228 Å². The predicted octanol–water partition coefficient (Wildman–Crippen LogP) is 6.49. The minimum atomic E-state index is -0.412. The highest BCUT2D eigenvalue weighted by Crippen LogP contribution is 2.36. The minimum absolute atomic E-state index is 0.387. The molecule has 1 fully saturated rings. The summed E-state index contributed by atoms with van der Waals surface area (Å²) in [7, 11) is -0.412. The van der Waals surface area contributed by atoms with Crippen molar-refractivity contribution in [2.45, 2.75) is 59.7 Å². The zero-order valence-corrected chi connectivity index (χ0v) is 24.0. The lowest BCUT2D eigenvalue weighted by molar-refractivity contribution is 0.00578. The number of aliphatic imine (C=N–C) groups is 1. The number of hydrogen-bond acceptors (Lipinski definition) is 3. The molecule has 0 aliphatic carbocycles. The van der Waals surface area contributed by atoms with Gasteiger partial charge in [-0.1, -0.05) is 112 Å². The number of allylic oxidation sites excluding steroid dienone is 4. The molecule has 3 aromatic rings. The van der Waals surface area contributed by atoms with E-state index >= 15 is 0 Å². The zero-order valence-electron chi connectivity index (χ0n) is 24.0. The zero-order chi connectivity index (χ0) is 28.1. The van der Waals surface area contributed by atoms with Gasteiger partial charge in [-0.15, -0.1) is 0 Å². The van der Waals surface area contributed by atoms with Gasteiger partial charge in [-0.2, -0.15) is 0 Å². The molecule has 1 aliphatic heterocycles. The molecule has 1 saturated heterocycles. The van der Waals surface area contributed by atoms with Crippen molar-refractivity contribution in [2.75, 3.05) is 0 Å². The number of nitrogens with zero attached hydrogens (tertiary/aromatic N) is 1. The largest absolute Gasteiger partial charge is 0.494 e. The van der Waals surface area contributed by atoms with Gasteiger partial charge >= 0.3 is 7.12 Å². The maximum absolute atomic E-state index is 6.25. The molecule has 0 atom stereocenters. The van der Waals surface area contributed by atoms with Crippen molar-refractivity contribution in [3.63, 3.8) is 0 Å². The molecule has 0 spiro atoms. The summed E-state index contributed by atoms with van der Waals surface area (Å²) >= 11 is 0. The summed E-state index contributed by atoms with van der Waals surface area (Å²) < 4.78 is 12.5. The van der Waals surface area contributed by atoms with Crippen molar-refractivity contribution in [1.82, 2.24) is 0 Å². The van der Waals surface area contributed by atoms with Gasteiger partial charge in [0.25, 0.3) is 0 Å². The summed E-state index contributed by atoms with van der Waals surface area (Å²) in [6.45, 7) is 26.4. The molecular weight excluding hydrogens is 465 g/mol. The quantitative estimate of drug-likeness (QED) is 0.218. The van der Waals surface area contributed by atoms with Gasteiger partial charge in [-0.3, -0.25) is 4.99 Å². The molecule has 196 valence electrons. The first-order valence-corrected chi connectivity index (χ1v) is 13.3. The number of rotatable bonds is 6. The maximum atomic E-state index is 6.25. The van der Waals surface area contributed by atoms with Gasteiger partial charge in [-0.25, -0.2) is 0 Å². The topological polar surface area (TPSA) is 30.8 Å². The summed E-state index contributed by atoms with van der Waals surface area (Å²) in [6, 6.07) is 20.8. The lowest BCUT2D eigenvalue weighted by Gasteiger charge is -2.32. The third-order valence-electron chi connectivity index (χ3n) is 7.22. The average molecular weight is 506 g/mol. The molecule has 0 amide bonds. The van der Waals surface area contributed by atoms with Crippen molar-refractivity contribution in [3.05, 3.63) is 114 Å². The molecule has 4 heteroatoms. The second kappa shape index (κ2) is 11.9. The fourth-order valence-corrected chi connectivity index (χ4v) is 4.31. The summed E-state index contributed by atoms with van der Waals surface area (Å²) in [5, 5.41) is 4.20. The van der Waals surface area contributed by atoms with Crippen LogP contribution in [0.4, 0.5) is 0 Å². The van der Waals surface area contributed by atoms with E-state index in [1.807, 2.05) is 39.0 Å². The Kier molecular flexibility index (Phi) is 9.14. The smallest absolute Gasteiger partial charge is 0.399 e. The van der Waals surface area contributed by atoms with Gasteiger partial charge in [0.2, 0.25) is 0 Å². The Hall–Kier alpha value is -3.47. The van der Waals surface area contributed by atoms with Crippen LogP contribution in [0.3, 0.4) is 0 Å². The van der Waals surface area contributed by atoms with Crippen LogP contribution in [0.5, 0.6) is 0 Å². The molecule has 0 unspecified atom stereocenters. The van der Waals surface area contributed by atoms with Crippen LogP contribution in [0.25, 0.3) is 23.0 Å². The molecule has 0 bridgehead atoms. The molecule has 38 heavy (non-hydrogen) atoms. The van der Waals surface area contributed by atoms with Crippen LogP contribution < -0.4 is 15.9 Å². The van der Waals surface area contributed by atoms with E-state index in [9.17, 15) is 0 Å². The van der Waals surface area contributed by atoms with E-state index in [4.69, 9.17) is 14.3 Å². The predicted molar refractivity (Wildman–Crippen MR) is 166 cm³/mol. The molecule has 3 nitrogen and oxygen atoms in total. The second-order valence-corrected chi connectivity index (χ2v) is 10.1. The van der Waals surface area contributed by atoms with Crippen molar-refractivity contribution in [3.8, 4) is 0 Å². The van der Waals surface area contributed by atoms with Crippen LogP contribution in [0.2, 0.25) is 0 Å². The summed E-state index contributed by atoms with van der Waals surface area (Å²) in [4.78, 5) is 5.09. The van der Waals surface area contributed by atoms with Crippen molar-refractivity contribution < 1.29 is 9.31 Å². The fourth-order valence-electron chi connectivity index (χ4n) is 4.31. The maximum Gasteiger partial charge on any atom is 0.494 e. The van der Waals surface area contributed by atoms with E-state index in [2.05, 4.69) is 96.0 Å². The molecule has 0 radical (unpaired) electrons. The molecule has 0 saturated carbocycles. The first-order valence-electron chi connectivity index (χ1n) is 13.3. The van der Waals surface area contributed by atoms with Crippen molar-refractivity contribution in [1.29, 1.82) is 0 Å². The Morgan fingerprint density at radius 1 is 0.868 bits per heavy atom. The second-order valence-electron chi connectivity index (χ2n) is 10.1. The number of fused-ring (bicyclic) bond motifs is 1. The van der Waals surface area contributed by atoms with Crippen LogP contribution >= 0.6 is 0 Å². The molecule has 0 aromatic heterocycles. The van der Waals surface area contributed by atoms with Gasteiger partial charge < -0.3 is 9.31 Å². The number of benzene rings is 3. The summed E-state index contributed by atoms with van der Waals surface area (Å²) in [6.07, 6.45) is 5.46. The fraction of sp³-hybridized carbons (Fsp3) is 0.265. The van der Waals surface area contributed by atoms with E-state index in [0.717, 1.165) is 49.2 Å². The molecule has 1 aliphatic rings. The van der Waals surface area contributed by atoms with E-state index in [-0.39, 0.29) is 11.2 Å². The van der Waals surface area contributed by atoms with E-state index in [0.29, 0.717) is 0 Å². The first-order chi connectivity index (χ1) is 18.1. The highest BCUT2D eigenvalue weighted by molar-refractivity contribution is 6.62. The molecular formula is C34H40BNO2. The standard InChI is InChI=1S/C32H34BNO2.C2H6/c1-9-13-24(10-2)23(4)34-30(29-21-18-25-14-11-12-15-28(25)22(29)3)26-16-19-27(20-17-26)33-35-31(5,6)32(7,8)36-33;1-2/h9-21H,1-3H2,4-8H3;1-2H3/b24-13+,30-29-,34-23+;. The van der Waals surface area contributed by atoms with Gasteiger partial charge in [0.15, 0.2) is 0 Å². The van der Waals surface area contributed by atoms with Gasteiger partial charge in [0.1, 0.15) is 0 Å². The average Bonchev–Trinajstić information content (AvgIpc) is 3.14. The third kappa shape index (κ3) is 5.82. The van der Waals surface area contributed by atoms with E-state index in [1.165, 1.54) is 0 Å². The summed E-state index contributed by atoms with van der Waals surface area (Å²) in [5.41, 5.74) is 3.80. The van der Waals surface area contributed by atoms with Gasteiger partial charge in [0, 0.05) is 16.5 Å². The van der Waals surface area contributed by atoms with Crippen molar-refractivity contribution >= 4 is 41.3 Å². The highest BCUT2D eigenvalue weighted by atomic mass is 16.7. The molecule has 0 N–H and O–H groups in total. The molecule has 1 heterocycles. The van der Waals surface area contributed by atoms with Crippen LogP contribution in [0, 0.1) is 0 Å². The van der Waals surface area contributed by atoms with Crippen molar-refractivity contribution in [2.24, 2.45) is 4.99 Å². The first kappa shape index (κ1) is 29.1. The third-order valence-corrected chi connectivity index (χ3v) is 7.22. The Morgan fingerprint density at radius 3 is 2.05 bits per heavy atom. The van der Waals surface area contributed by atoms with Crippen LogP contribution in [0.15, 0.2) is 103 Å². The SMILES string of the molecule is C=C/C=C(C=C)/C(C)=N/C(c1ccc(B2OC(C)(C)C(C)(C)O2)cc1)=c1/ccc2ccccc2c1=C.CC. The number of hydrogen-bond donors (Lipinski definition) is 0. The van der Waals surface area contributed by atoms with Crippen LogP contribution in [0.1, 0.15) is 54.0 Å². The monoisotopic (exact) mass is 505 g/mol. The van der Waals surface area contributed by atoms with E-state index < -0.39 is 7.12 Å². The highest BCUT2D eigenvalue weighted by Gasteiger charge is 2.51. The van der Waals surface area contributed by atoms with Gasteiger partial charge in [-0.05, 0) is 61.6 Å². The normalized spacial score (nSPS) is 17.5. The molecule has 3 aromatic carbocycles. The lowest BCUT2D eigenvalue weighted by atomic mass is 9.78. The van der Waals surface area contributed by atoms with Crippen LogP contribution in [-0.2, 0) is 9.31 Å². The van der Waals surface area contributed by atoms with Crippen LogP contribution in [-0.4, -0.2) is 24.0 Å². The Balaban J connectivity index is 0.00000195. The molecule has 4 rings (SSSR count). The lowest BCUT2D eigenvalue weighted by Crippen LogP contribution is -2.41. The summed E-state index contributed by atoms with van der Waals surface area (Å²) in [5.74, 6) is 0. The minimum Gasteiger partial charge on any atom is -0.399 e. The Bertz CT molecular complexity index is 1480.